The summed E-state index contributed by atoms with van der Waals surface area (Å²) >= 11 is 0. The van der Waals surface area contributed by atoms with Gasteiger partial charge in [-0.25, -0.2) is 8.42 Å². The Morgan fingerprint density at radius 2 is 1.84 bits per heavy atom. The van der Waals surface area contributed by atoms with Gasteiger partial charge < -0.3 is 9.88 Å². The standard InChI is InChI=1S/C23H29N5O3S/c1-16(2)22(23(29)24-15-21-26-25-20-10-4-3-7-13-28(20)21)27-32(30,31)19-12-11-17-8-5-6-9-18(17)14-19/h5-6,8-9,11-12,14,16,22,27H,3-4,7,10,13,15H2,1-2H3,(H,24,29). The van der Waals surface area contributed by atoms with Crippen molar-refractivity contribution in [1.29, 1.82) is 0 Å². The SMILES string of the molecule is CC(C)C(NS(=O)(=O)c1ccc2ccccc2c1)C(=O)NCc1nnc2n1CCCCC2. The molecule has 4 rings (SSSR count). The molecule has 2 heterocycles. The largest absolute Gasteiger partial charge is 0.347 e. The fourth-order valence-electron chi connectivity index (χ4n) is 4.01. The van der Waals surface area contributed by atoms with E-state index in [4.69, 9.17) is 0 Å². The summed E-state index contributed by atoms with van der Waals surface area (Å²) in [6.07, 6.45) is 4.20. The molecule has 1 aliphatic rings. The van der Waals surface area contributed by atoms with Crippen LogP contribution in [0, 0.1) is 5.92 Å². The van der Waals surface area contributed by atoms with Gasteiger partial charge in [0.25, 0.3) is 0 Å². The van der Waals surface area contributed by atoms with Gasteiger partial charge in [0.15, 0.2) is 5.82 Å². The van der Waals surface area contributed by atoms with Crippen molar-refractivity contribution in [2.24, 2.45) is 5.92 Å². The molecule has 1 atom stereocenters. The van der Waals surface area contributed by atoms with Gasteiger partial charge in [-0.2, -0.15) is 4.72 Å². The maximum atomic E-state index is 13.0. The number of nitrogens with one attached hydrogen (secondary N) is 2. The second-order valence-electron chi connectivity index (χ2n) is 8.56. The van der Waals surface area contributed by atoms with E-state index in [1.54, 1.807) is 18.2 Å². The highest BCUT2D eigenvalue weighted by molar-refractivity contribution is 7.89. The minimum absolute atomic E-state index is 0.137. The van der Waals surface area contributed by atoms with Crippen LogP contribution in [0.25, 0.3) is 10.8 Å². The monoisotopic (exact) mass is 455 g/mol. The molecule has 0 saturated carbocycles. The molecule has 32 heavy (non-hydrogen) atoms. The average molecular weight is 456 g/mol. The van der Waals surface area contributed by atoms with E-state index in [0.717, 1.165) is 48.8 Å². The summed E-state index contributed by atoms with van der Waals surface area (Å²) in [6, 6.07) is 11.6. The molecule has 0 aliphatic carbocycles. The van der Waals surface area contributed by atoms with Gasteiger partial charge in [0.2, 0.25) is 15.9 Å². The first kappa shape index (κ1) is 22.4. The summed E-state index contributed by atoms with van der Waals surface area (Å²) in [7, 11) is -3.88. The topological polar surface area (TPSA) is 106 Å². The Labute approximate surface area is 188 Å². The number of hydrogen-bond donors (Lipinski definition) is 2. The number of rotatable bonds is 7. The number of sulfonamides is 1. The Kier molecular flexibility index (Phi) is 6.57. The van der Waals surface area contributed by atoms with Crippen molar-refractivity contribution in [2.75, 3.05) is 0 Å². The summed E-state index contributed by atoms with van der Waals surface area (Å²) < 4.78 is 30.7. The molecule has 0 radical (unpaired) electrons. The molecule has 3 aromatic rings. The lowest BCUT2D eigenvalue weighted by molar-refractivity contribution is -0.123. The van der Waals surface area contributed by atoms with Crippen LogP contribution >= 0.6 is 0 Å². The zero-order chi connectivity index (χ0) is 22.7. The second-order valence-corrected chi connectivity index (χ2v) is 10.3. The van der Waals surface area contributed by atoms with E-state index in [0.29, 0.717) is 5.82 Å². The normalized spacial score (nSPS) is 15.3. The van der Waals surface area contributed by atoms with E-state index in [9.17, 15) is 13.2 Å². The van der Waals surface area contributed by atoms with Crippen molar-refractivity contribution >= 4 is 26.7 Å². The highest BCUT2D eigenvalue weighted by Gasteiger charge is 2.29. The zero-order valence-electron chi connectivity index (χ0n) is 18.4. The lowest BCUT2D eigenvalue weighted by Gasteiger charge is -2.22. The fraction of sp³-hybridized carbons (Fsp3) is 0.435. The molecule has 0 bridgehead atoms. The molecule has 2 aromatic carbocycles. The van der Waals surface area contributed by atoms with Crippen LogP contribution in [0.15, 0.2) is 47.4 Å². The molecule has 8 nitrogen and oxygen atoms in total. The average Bonchev–Trinajstić information content (AvgIpc) is 3.01. The Morgan fingerprint density at radius 1 is 1.06 bits per heavy atom. The van der Waals surface area contributed by atoms with Crippen LogP contribution in [0.5, 0.6) is 0 Å². The van der Waals surface area contributed by atoms with E-state index in [1.807, 2.05) is 38.1 Å². The number of carbonyl (C=O) groups excluding carboxylic acids is 1. The van der Waals surface area contributed by atoms with Crippen molar-refractivity contribution in [3.63, 3.8) is 0 Å². The van der Waals surface area contributed by atoms with E-state index >= 15 is 0 Å². The number of fused-ring (bicyclic) bond motifs is 2. The summed E-state index contributed by atoms with van der Waals surface area (Å²) in [5, 5.41) is 13.1. The lowest BCUT2D eigenvalue weighted by Crippen LogP contribution is -2.49. The van der Waals surface area contributed by atoms with E-state index in [1.165, 1.54) is 0 Å². The maximum Gasteiger partial charge on any atom is 0.241 e. The van der Waals surface area contributed by atoms with Crippen LogP contribution in [0.1, 0.15) is 44.8 Å². The molecule has 0 saturated heterocycles. The van der Waals surface area contributed by atoms with Crippen molar-refractivity contribution in [3.05, 3.63) is 54.1 Å². The van der Waals surface area contributed by atoms with Gasteiger partial charge in [-0.05, 0) is 41.7 Å². The predicted molar refractivity (Wildman–Crippen MR) is 122 cm³/mol. The van der Waals surface area contributed by atoms with E-state index in [-0.39, 0.29) is 23.3 Å². The van der Waals surface area contributed by atoms with Crippen LogP contribution < -0.4 is 10.0 Å². The Balaban J connectivity index is 1.48. The second kappa shape index (κ2) is 9.38. The van der Waals surface area contributed by atoms with Crippen LogP contribution in [0.2, 0.25) is 0 Å². The Bertz CT molecular complexity index is 1220. The minimum Gasteiger partial charge on any atom is -0.347 e. The number of benzene rings is 2. The number of hydrogen-bond acceptors (Lipinski definition) is 5. The molecule has 0 spiro atoms. The van der Waals surface area contributed by atoms with Gasteiger partial charge in [0.1, 0.15) is 11.9 Å². The maximum absolute atomic E-state index is 13.0. The van der Waals surface area contributed by atoms with Gasteiger partial charge in [-0.3, -0.25) is 4.79 Å². The molecule has 1 aliphatic heterocycles. The molecule has 9 heteroatoms. The highest BCUT2D eigenvalue weighted by Crippen LogP contribution is 2.20. The summed E-state index contributed by atoms with van der Waals surface area (Å²) in [4.78, 5) is 13.1. The number of aromatic nitrogens is 3. The highest BCUT2D eigenvalue weighted by atomic mass is 32.2. The summed E-state index contributed by atoms with van der Waals surface area (Å²) in [5.74, 6) is 1.04. The quantitative estimate of drug-likeness (QED) is 0.570. The van der Waals surface area contributed by atoms with E-state index < -0.39 is 16.1 Å². The Morgan fingerprint density at radius 3 is 2.62 bits per heavy atom. The van der Waals surface area contributed by atoms with Crippen LogP contribution in [0.4, 0.5) is 0 Å². The summed E-state index contributed by atoms with van der Waals surface area (Å²) in [6.45, 7) is 4.69. The number of aryl methyl sites for hydroxylation is 1. The number of nitrogens with zero attached hydrogens (tertiary/aromatic N) is 3. The van der Waals surface area contributed by atoms with Crippen LogP contribution in [0.3, 0.4) is 0 Å². The van der Waals surface area contributed by atoms with Crippen LogP contribution in [-0.4, -0.2) is 35.1 Å². The van der Waals surface area contributed by atoms with Gasteiger partial charge in [0, 0.05) is 13.0 Å². The molecular weight excluding hydrogens is 426 g/mol. The molecule has 170 valence electrons. The first-order valence-electron chi connectivity index (χ1n) is 11.0. The van der Waals surface area contributed by atoms with E-state index in [2.05, 4.69) is 24.8 Å². The molecule has 1 aromatic heterocycles. The lowest BCUT2D eigenvalue weighted by atomic mass is 10.1. The molecule has 2 N–H and O–H groups in total. The number of carbonyl (C=O) groups is 1. The number of amides is 1. The molecule has 1 amide bonds. The van der Waals surface area contributed by atoms with Gasteiger partial charge in [-0.15, -0.1) is 10.2 Å². The van der Waals surface area contributed by atoms with Crippen molar-refractivity contribution in [1.82, 2.24) is 24.8 Å². The minimum atomic E-state index is -3.88. The van der Waals surface area contributed by atoms with Crippen molar-refractivity contribution in [3.8, 4) is 0 Å². The smallest absolute Gasteiger partial charge is 0.241 e. The third-order valence-corrected chi connectivity index (χ3v) is 7.31. The summed E-state index contributed by atoms with van der Waals surface area (Å²) in [5.41, 5.74) is 0. The fourth-order valence-corrected chi connectivity index (χ4v) is 5.39. The Hall–Kier alpha value is -2.78. The molecule has 1 unspecified atom stereocenters. The van der Waals surface area contributed by atoms with Crippen LogP contribution in [-0.2, 0) is 34.3 Å². The zero-order valence-corrected chi connectivity index (χ0v) is 19.2. The van der Waals surface area contributed by atoms with Gasteiger partial charge in [-0.1, -0.05) is 50.6 Å². The van der Waals surface area contributed by atoms with Gasteiger partial charge >= 0.3 is 0 Å². The first-order valence-corrected chi connectivity index (χ1v) is 12.5. The molecule has 0 fully saturated rings. The third-order valence-electron chi connectivity index (χ3n) is 5.87. The first-order chi connectivity index (χ1) is 15.3. The van der Waals surface area contributed by atoms with Crippen molar-refractivity contribution in [2.45, 2.75) is 63.6 Å². The van der Waals surface area contributed by atoms with Crippen molar-refractivity contribution < 1.29 is 13.2 Å². The third kappa shape index (κ3) is 4.83. The van der Waals surface area contributed by atoms with Gasteiger partial charge in [0.05, 0.1) is 11.4 Å². The molecular formula is C23H29N5O3S. The predicted octanol–water partition coefficient (Wildman–Crippen LogP) is 2.78.